The Bertz CT molecular complexity index is 343. The number of primary amides is 1. The Kier molecular flexibility index (Phi) is 1.59. The van der Waals surface area contributed by atoms with Gasteiger partial charge < -0.3 is 11.5 Å². The van der Waals surface area contributed by atoms with Crippen LogP contribution < -0.4 is 11.5 Å². The lowest BCUT2D eigenvalue weighted by molar-refractivity contribution is -0.157. The van der Waals surface area contributed by atoms with Gasteiger partial charge in [-0.25, -0.2) is 0 Å². The zero-order valence-electron chi connectivity index (χ0n) is 9.05. The molecule has 4 N–H and O–H groups in total. The van der Waals surface area contributed by atoms with Gasteiger partial charge in [-0.1, -0.05) is 13.8 Å². The van der Waals surface area contributed by atoms with Crippen LogP contribution in [0.5, 0.6) is 0 Å². The van der Waals surface area contributed by atoms with Gasteiger partial charge in [0, 0.05) is 5.70 Å². The number of allylic oxidation sites excluding steroid dienone is 1. The maximum atomic E-state index is 11.6. The summed E-state index contributed by atoms with van der Waals surface area (Å²) in [5.74, 6) is 0.317. The van der Waals surface area contributed by atoms with E-state index in [-0.39, 0.29) is 11.3 Å². The van der Waals surface area contributed by atoms with Gasteiger partial charge in [-0.05, 0) is 36.7 Å². The van der Waals surface area contributed by atoms with Crippen LogP contribution in [-0.4, -0.2) is 5.91 Å². The van der Waals surface area contributed by atoms with Crippen LogP contribution in [0.1, 0.15) is 33.6 Å². The van der Waals surface area contributed by atoms with Gasteiger partial charge in [-0.2, -0.15) is 0 Å². The molecule has 78 valence electrons. The minimum Gasteiger partial charge on any atom is -0.402 e. The fourth-order valence-electron chi connectivity index (χ4n) is 3.36. The molecule has 2 atom stereocenters. The van der Waals surface area contributed by atoms with Crippen molar-refractivity contribution in [3.8, 4) is 0 Å². The predicted molar refractivity (Wildman–Crippen MR) is 55.0 cm³/mol. The molecule has 3 nitrogen and oxygen atoms in total. The molecule has 3 aliphatic rings. The van der Waals surface area contributed by atoms with E-state index in [0.29, 0.717) is 5.92 Å². The first-order valence-electron chi connectivity index (χ1n) is 5.09. The van der Waals surface area contributed by atoms with Crippen LogP contribution in [0.4, 0.5) is 0 Å². The molecule has 1 saturated carbocycles. The van der Waals surface area contributed by atoms with Crippen molar-refractivity contribution in [3.63, 3.8) is 0 Å². The molecule has 14 heavy (non-hydrogen) atoms. The smallest absolute Gasteiger partial charge is 0.228 e. The van der Waals surface area contributed by atoms with Crippen LogP contribution in [-0.2, 0) is 4.79 Å². The normalized spacial score (nSPS) is 39.2. The van der Waals surface area contributed by atoms with Gasteiger partial charge in [0.25, 0.3) is 0 Å². The summed E-state index contributed by atoms with van der Waals surface area (Å²) < 4.78 is 0. The number of rotatable bonds is 1. The second-order valence-corrected chi connectivity index (χ2v) is 5.25. The Morgan fingerprint density at radius 3 is 2.43 bits per heavy atom. The third kappa shape index (κ3) is 0.725. The zero-order chi connectivity index (χ0) is 10.7. The van der Waals surface area contributed by atoms with E-state index in [1.807, 2.05) is 6.92 Å². The van der Waals surface area contributed by atoms with Gasteiger partial charge in [-0.3, -0.25) is 4.79 Å². The molecule has 0 spiro atoms. The summed E-state index contributed by atoms with van der Waals surface area (Å²) >= 11 is 0. The highest BCUT2D eigenvalue weighted by molar-refractivity contribution is 5.87. The van der Waals surface area contributed by atoms with Gasteiger partial charge in [0.2, 0.25) is 5.91 Å². The van der Waals surface area contributed by atoms with E-state index in [2.05, 4.69) is 13.8 Å². The summed E-state index contributed by atoms with van der Waals surface area (Å²) in [4.78, 5) is 11.6. The topological polar surface area (TPSA) is 69.1 Å². The quantitative estimate of drug-likeness (QED) is 0.657. The highest BCUT2D eigenvalue weighted by Crippen LogP contribution is 2.68. The molecule has 0 saturated heterocycles. The van der Waals surface area contributed by atoms with Crippen LogP contribution in [0, 0.1) is 16.7 Å². The molecule has 0 aliphatic heterocycles. The fraction of sp³-hybridized carbons (Fsp3) is 0.727. The molecule has 1 amide bonds. The zero-order valence-corrected chi connectivity index (χ0v) is 9.05. The lowest BCUT2D eigenvalue weighted by atomic mass is 9.39. The Morgan fingerprint density at radius 1 is 1.50 bits per heavy atom. The van der Waals surface area contributed by atoms with E-state index < -0.39 is 5.41 Å². The molecule has 0 aromatic carbocycles. The molecule has 0 aromatic heterocycles. The average Bonchev–Trinajstić information content (AvgIpc) is 2.07. The minimum atomic E-state index is -0.458. The van der Waals surface area contributed by atoms with Crippen molar-refractivity contribution in [2.45, 2.75) is 33.6 Å². The third-order valence-electron chi connectivity index (χ3n) is 4.68. The highest BCUT2D eigenvalue weighted by Gasteiger charge is 2.66. The minimum absolute atomic E-state index is 0.00815. The van der Waals surface area contributed by atoms with Crippen LogP contribution in [0.15, 0.2) is 11.3 Å². The Balaban J connectivity index is 2.57. The lowest BCUT2D eigenvalue weighted by Crippen LogP contribution is -2.64. The summed E-state index contributed by atoms with van der Waals surface area (Å²) in [6.07, 6.45) is 1.82. The largest absolute Gasteiger partial charge is 0.402 e. The Hall–Kier alpha value is -0.990. The standard InChI is InChI=1S/C11H18N2O/c1-6-8(12)4-7-5-11(6,9(13)14)10(7,2)3/h7H,4-5,12H2,1-3H3,(H2,13,14). The summed E-state index contributed by atoms with van der Waals surface area (Å²) in [6.45, 7) is 6.21. The molecule has 0 radical (unpaired) electrons. The second-order valence-electron chi connectivity index (χ2n) is 5.25. The summed E-state index contributed by atoms with van der Waals surface area (Å²) in [5.41, 5.74) is 12.9. The van der Waals surface area contributed by atoms with Crippen molar-refractivity contribution in [2.24, 2.45) is 28.2 Å². The van der Waals surface area contributed by atoms with Gasteiger partial charge in [0.15, 0.2) is 0 Å². The van der Waals surface area contributed by atoms with Crippen molar-refractivity contribution in [1.82, 2.24) is 0 Å². The molecule has 2 bridgehead atoms. The van der Waals surface area contributed by atoms with E-state index in [0.717, 1.165) is 24.1 Å². The maximum Gasteiger partial charge on any atom is 0.228 e. The first kappa shape index (κ1) is 9.56. The number of hydrogen-bond acceptors (Lipinski definition) is 2. The Labute approximate surface area is 84.5 Å². The fourth-order valence-corrected chi connectivity index (χ4v) is 3.36. The van der Waals surface area contributed by atoms with Crippen molar-refractivity contribution >= 4 is 5.91 Å². The molecular formula is C11H18N2O. The van der Waals surface area contributed by atoms with Crippen LogP contribution in [0.2, 0.25) is 0 Å². The van der Waals surface area contributed by atoms with E-state index in [1.54, 1.807) is 0 Å². The number of fused-ring (bicyclic) bond motifs is 1. The molecule has 3 rings (SSSR count). The number of nitrogens with two attached hydrogens (primary N) is 2. The maximum absolute atomic E-state index is 11.6. The monoisotopic (exact) mass is 194 g/mol. The van der Waals surface area contributed by atoms with Crippen molar-refractivity contribution in [2.75, 3.05) is 0 Å². The molecule has 3 heteroatoms. The second kappa shape index (κ2) is 2.33. The average molecular weight is 194 g/mol. The van der Waals surface area contributed by atoms with Crippen LogP contribution >= 0.6 is 0 Å². The third-order valence-corrected chi connectivity index (χ3v) is 4.68. The van der Waals surface area contributed by atoms with Crippen molar-refractivity contribution < 1.29 is 4.79 Å². The number of amides is 1. The SMILES string of the molecule is CC1=C(N)CC2CC1(C(N)=O)C2(C)C. The number of hydrogen-bond donors (Lipinski definition) is 2. The molecule has 0 heterocycles. The van der Waals surface area contributed by atoms with E-state index in [9.17, 15) is 4.79 Å². The summed E-state index contributed by atoms with van der Waals surface area (Å²) in [7, 11) is 0. The Morgan fingerprint density at radius 2 is 2.07 bits per heavy atom. The molecule has 0 aromatic rings. The highest BCUT2D eigenvalue weighted by atomic mass is 16.1. The van der Waals surface area contributed by atoms with Crippen molar-refractivity contribution in [3.05, 3.63) is 11.3 Å². The van der Waals surface area contributed by atoms with Crippen LogP contribution in [0.25, 0.3) is 0 Å². The first-order chi connectivity index (χ1) is 6.34. The first-order valence-corrected chi connectivity index (χ1v) is 5.09. The predicted octanol–water partition coefficient (Wildman–Crippen LogP) is 1.14. The van der Waals surface area contributed by atoms with Gasteiger partial charge in [0.05, 0.1) is 5.41 Å². The van der Waals surface area contributed by atoms with Crippen LogP contribution in [0.3, 0.4) is 0 Å². The van der Waals surface area contributed by atoms with E-state index in [1.165, 1.54) is 0 Å². The van der Waals surface area contributed by atoms with E-state index in [4.69, 9.17) is 11.5 Å². The lowest BCUT2D eigenvalue weighted by Gasteiger charge is -2.64. The molecule has 3 aliphatic carbocycles. The summed E-state index contributed by atoms with van der Waals surface area (Å²) in [6, 6.07) is 0. The molecule has 2 unspecified atom stereocenters. The van der Waals surface area contributed by atoms with Crippen molar-refractivity contribution in [1.29, 1.82) is 0 Å². The van der Waals surface area contributed by atoms with Gasteiger partial charge in [-0.15, -0.1) is 0 Å². The van der Waals surface area contributed by atoms with Gasteiger partial charge in [0.1, 0.15) is 0 Å². The van der Waals surface area contributed by atoms with E-state index >= 15 is 0 Å². The summed E-state index contributed by atoms with van der Waals surface area (Å²) in [5, 5.41) is 0. The number of carbonyl (C=O) groups excluding carboxylic acids is 1. The molecular weight excluding hydrogens is 176 g/mol. The van der Waals surface area contributed by atoms with Gasteiger partial charge >= 0.3 is 0 Å². The number of carbonyl (C=O) groups is 1. The molecule has 1 fully saturated rings.